The van der Waals surface area contributed by atoms with Gasteiger partial charge < -0.3 is 19.7 Å². The van der Waals surface area contributed by atoms with Crippen LogP contribution in [0.5, 0.6) is 11.5 Å². The lowest BCUT2D eigenvalue weighted by atomic mass is 10.1. The molecule has 4 nitrogen and oxygen atoms in total. The summed E-state index contributed by atoms with van der Waals surface area (Å²) in [4.78, 5) is 2.10. The summed E-state index contributed by atoms with van der Waals surface area (Å²) >= 11 is 12.0. The lowest BCUT2D eigenvalue weighted by Gasteiger charge is -2.27. The van der Waals surface area contributed by atoms with Crippen molar-refractivity contribution in [3.63, 3.8) is 0 Å². The molecule has 0 heterocycles. The Morgan fingerprint density at radius 2 is 1.73 bits per heavy atom. The monoisotopic (exact) mass is 440 g/mol. The van der Waals surface area contributed by atoms with Crippen LogP contribution in [0.3, 0.4) is 0 Å². The summed E-state index contributed by atoms with van der Waals surface area (Å²) in [5, 5.41) is 4.63. The topological polar surface area (TPSA) is 33.7 Å². The van der Waals surface area contributed by atoms with Gasteiger partial charge in [-0.3, -0.25) is 0 Å². The number of halogens is 1. The minimum absolute atomic E-state index is 0.556. The van der Waals surface area contributed by atoms with Gasteiger partial charge in [0.05, 0.1) is 14.2 Å². The van der Waals surface area contributed by atoms with E-state index in [-0.39, 0.29) is 0 Å². The molecule has 1 N–H and O–H groups in total. The highest BCUT2D eigenvalue weighted by atomic mass is 35.5. The van der Waals surface area contributed by atoms with Crippen LogP contribution < -0.4 is 14.8 Å². The number of anilines is 1. The van der Waals surface area contributed by atoms with Crippen LogP contribution >= 0.6 is 23.8 Å². The average molecular weight is 441 g/mol. The third-order valence-corrected chi connectivity index (χ3v) is 5.39. The molecule has 30 heavy (non-hydrogen) atoms. The second-order valence-corrected chi connectivity index (χ2v) is 7.71. The third kappa shape index (κ3) is 5.43. The van der Waals surface area contributed by atoms with E-state index in [0.717, 1.165) is 22.4 Å². The molecule has 0 aliphatic heterocycles. The molecule has 0 saturated carbocycles. The number of nitrogens with one attached hydrogen (secondary N) is 1. The zero-order valence-corrected chi connectivity index (χ0v) is 18.9. The fourth-order valence-corrected chi connectivity index (χ4v) is 3.62. The summed E-state index contributed by atoms with van der Waals surface area (Å²) in [7, 11) is 3.28. The van der Waals surface area contributed by atoms with Crippen LogP contribution in [0.1, 0.15) is 16.7 Å². The summed E-state index contributed by atoms with van der Waals surface area (Å²) < 4.78 is 11.1. The van der Waals surface area contributed by atoms with E-state index >= 15 is 0 Å². The molecule has 0 radical (unpaired) electrons. The van der Waals surface area contributed by atoms with Crippen molar-refractivity contribution < 1.29 is 9.47 Å². The maximum absolute atomic E-state index is 6.19. The zero-order chi connectivity index (χ0) is 21.5. The first kappa shape index (κ1) is 21.9. The van der Waals surface area contributed by atoms with Crippen molar-refractivity contribution in [2.75, 3.05) is 19.5 Å². The van der Waals surface area contributed by atoms with Crippen molar-refractivity contribution >= 4 is 34.6 Å². The van der Waals surface area contributed by atoms with Crippen molar-refractivity contribution in [1.29, 1.82) is 0 Å². The number of aryl methyl sites for hydroxylation is 1. The van der Waals surface area contributed by atoms with E-state index in [1.165, 1.54) is 0 Å². The molecule has 0 aliphatic carbocycles. The molecule has 0 atom stereocenters. The Bertz CT molecular complexity index is 1010. The predicted molar refractivity (Wildman–Crippen MR) is 128 cm³/mol. The van der Waals surface area contributed by atoms with Crippen molar-refractivity contribution in [1.82, 2.24) is 4.90 Å². The average Bonchev–Trinajstić information content (AvgIpc) is 2.76. The first-order valence-electron chi connectivity index (χ1n) is 9.57. The van der Waals surface area contributed by atoms with Crippen LogP contribution in [0.2, 0.25) is 5.02 Å². The normalized spacial score (nSPS) is 10.4. The van der Waals surface area contributed by atoms with Gasteiger partial charge in [-0.25, -0.2) is 0 Å². The molecule has 0 spiro atoms. The molecule has 0 unspecified atom stereocenters. The molecule has 3 aromatic carbocycles. The van der Waals surface area contributed by atoms with Gasteiger partial charge in [0.1, 0.15) is 0 Å². The highest BCUT2D eigenvalue weighted by Gasteiger charge is 2.17. The van der Waals surface area contributed by atoms with Crippen LogP contribution in [0.15, 0.2) is 66.7 Å². The molecule has 0 amide bonds. The lowest BCUT2D eigenvalue weighted by Crippen LogP contribution is -2.34. The van der Waals surface area contributed by atoms with E-state index in [1.54, 1.807) is 14.2 Å². The summed E-state index contributed by atoms with van der Waals surface area (Å²) in [5.74, 6) is 1.40. The Morgan fingerprint density at radius 3 is 2.43 bits per heavy atom. The summed E-state index contributed by atoms with van der Waals surface area (Å²) in [6, 6.07) is 21.8. The predicted octanol–water partition coefficient (Wildman–Crippen LogP) is 6.06. The Labute approximate surface area is 188 Å². The van der Waals surface area contributed by atoms with Gasteiger partial charge >= 0.3 is 0 Å². The highest BCUT2D eigenvalue weighted by molar-refractivity contribution is 7.80. The number of para-hydroxylation sites is 1. The van der Waals surface area contributed by atoms with Gasteiger partial charge in [0.25, 0.3) is 0 Å². The lowest BCUT2D eigenvalue weighted by molar-refractivity contribution is 0.341. The maximum Gasteiger partial charge on any atom is 0.174 e. The van der Waals surface area contributed by atoms with Crippen LogP contribution in [0.25, 0.3) is 0 Å². The minimum Gasteiger partial charge on any atom is -0.493 e. The molecule has 3 rings (SSSR count). The standard InChI is InChI=1S/C24H25ClN2O2S/c1-17-12-13-20(25)14-21(17)26-24(30)27(15-18-8-5-4-6-9-18)16-19-10-7-11-22(28-2)23(19)29-3/h4-14H,15-16H2,1-3H3,(H,26,30). The van der Waals surface area contributed by atoms with Gasteiger partial charge in [-0.1, -0.05) is 60.1 Å². The van der Waals surface area contributed by atoms with Gasteiger partial charge in [-0.05, 0) is 48.5 Å². The quantitative estimate of drug-likeness (QED) is 0.451. The first-order chi connectivity index (χ1) is 14.5. The minimum atomic E-state index is 0.556. The largest absolute Gasteiger partial charge is 0.493 e. The van der Waals surface area contributed by atoms with Crippen molar-refractivity contribution in [2.24, 2.45) is 0 Å². The van der Waals surface area contributed by atoms with Crippen molar-refractivity contribution in [3.8, 4) is 11.5 Å². The smallest absolute Gasteiger partial charge is 0.174 e. The van der Waals surface area contributed by atoms with E-state index in [1.807, 2.05) is 61.5 Å². The number of thiocarbonyl (C=S) groups is 1. The number of nitrogens with zero attached hydrogens (tertiary/aromatic N) is 1. The van der Waals surface area contributed by atoms with Gasteiger partial charge in [-0.2, -0.15) is 0 Å². The number of ether oxygens (including phenoxy) is 2. The Hall–Kier alpha value is -2.76. The molecule has 0 aromatic heterocycles. The fourth-order valence-electron chi connectivity index (χ4n) is 3.21. The number of hydrogen-bond donors (Lipinski definition) is 1. The number of benzene rings is 3. The van der Waals surface area contributed by atoms with Gasteiger partial charge in [0.15, 0.2) is 16.6 Å². The van der Waals surface area contributed by atoms with E-state index in [4.69, 9.17) is 33.3 Å². The molecule has 0 fully saturated rings. The Morgan fingerprint density at radius 1 is 0.967 bits per heavy atom. The molecular weight excluding hydrogens is 416 g/mol. The van der Waals surface area contributed by atoms with Gasteiger partial charge in [-0.15, -0.1) is 0 Å². The summed E-state index contributed by atoms with van der Waals surface area (Å²) in [5.41, 5.74) is 4.11. The number of methoxy groups -OCH3 is 2. The Kier molecular flexibility index (Phi) is 7.55. The zero-order valence-electron chi connectivity index (χ0n) is 17.3. The number of rotatable bonds is 7. The number of hydrogen-bond acceptors (Lipinski definition) is 3. The second kappa shape index (κ2) is 10.3. The molecule has 3 aromatic rings. The third-order valence-electron chi connectivity index (χ3n) is 4.79. The highest BCUT2D eigenvalue weighted by Crippen LogP contribution is 2.32. The van der Waals surface area contributed by atoms with Gasteiger partial charge in [0.2, 0.25) is 0 Å². The summed E-state index contributed by atoms with van der Waals surface area (Å²) in [6.07, 6.45) is 0. The molecule has 0 aliphatic rings. The van der Waals surface area contributed by atoms with Gasteiger partial charge in [0, 0.05) is 29.4 Å². The Balaban J connectivity index is 1.90. The maximum atomic E-state index is 6.19. The molecule has 6 heteroatoms. The van der Waals surface area contributed by atoms with Crippen molar-refractivity contribution in [2.45, 2.75) is 20.0 Å². The SMILES string of the molecule is COc1cccc(CN(Cc2ccccc2)C(=S)Nc2cc(Cl)ccc2C)c1OC. The molecule has 0 bridgehead atoms. The van der Waals surface area contributed by atoms with E-state index in [2.05, 4.69) is 22.3 Å². The molecular formula is C24H25ClN2O2S. The van der Waals surface area contributed by atoms with Crippen LogP contribution in [-0.4, -0.2) is 24.2 Å². The van der Waals surface area contributed by atoms with E-state index in [0.29, 0.717) is 34.7 Å². The van der Waals surface area contributed by atoms with E-state index in [9.17, 15) is 0 Å². The van der Waals surface area contributed by atoms with Crippen LogP contribution in [-0.2, 0) is 13.1 Å². The molecule has 156 valence electrons. The van der Waals surface area contributed by atoms with E-state index < -0.39 is 0 Å². The first-order valence-corrected chi connectivity index (χ1v) is 10.4. The molecule has 0 saturated heterocycles. The van der Waals surface area contributed by atoms with Crippen LogP contribution in [0, 0.1) is 6.92 Å². The summed E-state index contributed by atoms with van der Waals surface area (Å²) in [6.45, 7) is 3.22. The van der Waals surface area contributed by atoms with Crippen LogP contribution in [0.4, 0.5) is 5.69 Å². The van der Waals surface area contributed by atoms with Crippen molar-refractivity contribution in [3.05, 3.63) is 88.4 Å². The second-order valence-electron chi connectivity index (χ2n) is 6.88. The fraction of sp³-hybridized carbons (Fsp3) is 0.208.